The van der Waals surface area contributed by atoms with Crippen molar-refractivity contribution in [2.75, 3.05) is 32.8 Å². The Morgan fingerprint density at radius 3 is 2.67 bits per heavy atom. The second kappa shape index (κ2) is 5.45. The maximum absolute atomic E-state index is 6.03. The summed E-state index contributed by atoms with van der Waals surface area (Å²) in [6, 6.07) is 0.610. The summed E-state index contributed by atoms with van der Waals surface area (Å²) in [5, 5.41) is 3.72. The molecule has 3 N–H and O–H groups in total. The summed E-state index contributed by atoms with van der Waals surface area (Å²) >= 11 is 0. The van der Waals surface area contributed by atoms with Gasteiger partial charge >= 0.3 is 0 Å². The predicted octanol–water partition coefficient (Wildman–Crippen LogP) is 0.957. The molecule has 0 aromatic heterocycles. The van der Waals surface area contributed by atoms with Gasteiger partial charge in [-0.1, -0.05) is 0 Å². The molecule has 2 aliphatic rings. The molecule has 2 heterocycles. The number of nitrogens with zero attached hydrogens (tertiary/aromatic N) is 1. The molecule has 2 fully saturated rings. The van der Waals surface area contributed by atoms with Gasteiger partial charge in [-0.15, -0.1) is 0 Å². The fourth-order valence-electron chi connectivity index (χ4n) is 3.08. The number of nitrogens with two attached hydrogens (primary N) is 1. The topological polar surface area (TPSA) is 50.5 Å². The van der Waals surface area contributed by atoms with Crippen molar-refractivity contribution in [3.63, 3.8) is 0 Å². The number of ether oxygens (including phenoxy) is 1. The van der Waals surface area contributed by atoms with Crippen molar-refractivity contribution in [1.82, 2.24) is 10.2 Å². The van der Waals surface area contributed by atoms with E-state index in [0.29, 0.717) is 12.6 Å². The average Bonchev–Trinajstić information content (AvgIpc) is 2.95. The zero-order valence-electron chi connectivity index (χ0n) is 12.2. The van der Waals surface area contributed by atoms with E-state index in [1.807, 2.05) is 0 Å². The van der Waals surface area contributed by atoms with Crippen molar-refractivity contribution in [2.24, 2.45) is 5.73 Å². The van der Waals surface area contributed by atoms with Crippen molar-refractivity contribution >= 4 is 0 Å². The lowest BCUT2D eigenvalue weighted by Gasteiger charge is -2.34. The SMILES string of the molecule is CC(C)N1CCC(CN)(NCC2(C)CCCO2)C1. The normalized spacial score (nSPS) is 37.8. The van der Waals surface area contributed by atoms with Crippen LogP contribution in [0.1, 0.15) is 40.0 Å². The van der Waals surface area contributed by atoms with Crippen LogP contribution in [0.2, 0.25) is 0 Å². The van der Waals surface area contributed by atoms with Gasteiger partial charge in [-0.3, -0.25) is 4.90 Å². The Labute approximate surface area is 111 Å². The predicted molar refractivity (Wildman–Crippen MR) is 74.7 cm³/mol. The summed E-state index contributed by atoms with van der Waals surface area (Å²) < 4.78 is 5.85. The van der Waals surface area contributed by atoms with Gasteiger partial charge in [0, 0.05) is 44.4 Å². The lowest BCUT2D eigenvalue weighted by Crippen LogP contribution is -2.57. The van der Waals surface area contributed by atoms with Crippen LogP contribution in [-0.2, 0) is 4.74 Å². The zero-order valence-corrected chi connectivity index (χ0v) is 12.2. The molecule has 2 aliphatic heterocycles. The minimum absolute atomic E-state index is 0.0213. The first-order chi connectivity index (χ1) is 8.49. The van der Waals surface area contributed by atoms with Gasteiger partial charge in [0.15, 0.2) is 0 Å². The molecule has 0 saturated carbocycles. The molecule has 0 amide bonds. The molecule has 0 spiro atoms. The van der Waals surface area contributed by atoms with Crippen LogP contribution in [0.15, 0.2) is 0 Å². The van der Waals surface area contributed by atoms with Crippen molar-refractivity contribution in [3.05, 3.63) is 0 Å². The van der Waals surface area contributed by atoms with E-state index in [4.69, 9.17) is 10.5 Å². The van der Waals surface area contributed by atoms with Crippen molar-refractivity contribution in [2.45, 2.75) is 57.2 Å². The van der Waals surface area contributed by atoms with Gasteiger partial charge in [-0.05, 0) is 40.0 Å². The highest BCUT2D eigenvalue weighted by Gasteiger charge is 2.40. The summed E-state index contributed by atoms with van der Waals surface area (Å²) in [6.07, 6.45) is 3.50. The molecule has 0 aromatic carbocycles. The Balaban J connectivity index is 1.89. The summed E-state index contributed by atoms with van der Waals surface area (Å²) in [6.45, 7) is 11.5. The van der Waals surface area contributed by atoms with E-state index >= 15 is 0 Å². The third kappa shape index (κ3) is 3.05. The Kier molecular flexibility index (Phi) is 4.32. The molecule has 0 bridgehead atoms. The van der Waals surface area contributed by atoms with Crippen molar-refractivity contribution in [1.29, 1.82) is 0 Å². The molecule has 0 aliphatic carbocycles. The van der Waals surface area contributed by atoms with Gasteiger partial charge in [0.25, 0.3) is 0 Å². The lowest BCUT2D eigenvalue weighted by molar-refractivity contribution is 0.0146. The van der Waals surface area contributed by atoms with Crippen molar-refractivity contribution < 1.29 is 4.74 Å². The van der Waals surface area contributed by atoms with Gasteiger partial charge in [-0.2, -0.15) is 0 Å². The molecule has 2 atom stereocenters. The fourth-order valence-corrected chi connectivity index (χ4v) is 3.08. The number of hydrogen-bond acceptors (Lipinski definition) is 4. The van der Waals surface area contributed by atoms with Gasteiger partial charge in [-0.25, -0.2) is 0 Å². The highest BCUT2D eigenvalue weighted by Crippen LogP contribution is 2.27. The Bertz CT molecular complexity index is 276. The maximum Gasteiger partial charge on any atom is 0.0779 e. The van der Waals surface area contributed by atoms with E-state index in [1.54, 1.807) is 0 Å². The van der Waals surface area contributed by atoms with Crippen LogP contribution < -0.4 is 11.1 Å². The average molecular weight is 255 g/mol. The Morgan fingerprint density at radius 2 is 2.17 bits per heavy atom. The molecule has 2 unspecified atom stereocenters. The molecular weight excluding hydrogens is 226 g/mol. The highest BCUT2D eigenvalue weighted by atomic mass is 16.5. The molecule has 0 radical (unpaired) electrons. The molecule has 0 aromatic rings. The van der Waals surface area contributed by atoms with E-state index in [0.717, 1.165) is 39.1 Å². The Morgan fingerprint density at radius 1 is 1.39 bits per heavy atom. The standard InChI is InChI=1S/C14H29N3O/c1-12(2)17-7-6-14(9-15,11-17)16-10-13(3)5-4-8-18-13/h12,16H,4-11,15H2,1-3H3. The number of hydrogen-bond donors (Lipinski definition) is 2. The van der Waals surface area contributed by atoms with Gasteiger partial charge < -0.3 is 15.8 Å². The zero-order chi connectivity index (χ0) is 13.2. The molecule has 4 heteroatoms. The van der Waals surface area contributed by atoms with Crippen molar-refractivity contribution in [3.8, 4) is 0 Å². The van der Waals surface area contributed by atoms with Crippen LogP contribution in [0, 0.1) is 0 Å². The molecular formula is C14H29N3O. The monoisotopic (exact) mass is 255 g/mol. The van der Waals surface area contributed by atoms with E-state index in [9.17, 15) is 0 Å². The van der Waals surface area contributed by atoms with Gasteiger partial charge in [0.2, 0.25) is 0 Å². The molecule has 106 valence electrons. The maximum atomic E-state index is 6.03. The molecule has 4 nitrogen and oxygen atoms in total. The minimum Gasteiger partial charge on any atom is -0.374 e. The van der Waals surface area contributed by atoms with E-state index in [1.165, 1.54) is 6.42 Å². The van der Waals surface area contributed by atoms with Crippen LogP contribution >= 0.6 is 0 Å². The first-order valence-electron chi connectivity index (χ1n) is 7.32. The van der Waals surface area contributed by atoms with E-state index in [2.05, 4.69) is 31.0 Å². The summed E-state index contributed by atoms with van der Waals surface area (Å²) in [4.78, 5) is 2.51. The highest BCUT2D eigenvalue weighted by molar-refractivity contribution is 5.00. The number of rotatable bonds is 5. The first kappa shape index (κ1) is 14.3. The second-order valence-electron chi connectivity index (χ2n) is 6.55. The van der Waals surface area contributed by atoms with Gasteiger partial charge in [0.1, 0.15) is 0 Å². The van der Waals surface area contributed by atoms with Gasteiger partial charge in [0.05, 0.1) is 5.60 Å². The second-order valence-corrected chi connectivity index (χ2v) is 6.55. The van der Waals surface area contributed by atoms with Crippen LogP contribution in [-0.4, -0.2) is 54.9 Å². The Hall–Kier alpha value is -0.160. The van der Waals surface area contributed by atoms with E-state index in [-0.39, 0.29) is 11.1 Å². The molecule has 2 saturated heterocycles. The molecule has 2 rings (SSSR count). The third-order valence-corrected chi connectivity index (χ3v) is 4.64. The van der Waals surface area contributed by atoms with Crippen LogP contribution in [0.5, 0.6) is 0 Å². The lowest BCUT2D eigenvalue weighted by atomic mass is 9.95. The molecule has 18 heavy (non-hydrogen) atoms. The van der Waals surface area contributed by atoms with Crippen LogP contribution in [0.3, 0.4) is 0 Å². The quantitative estimate of drug-likeness (QED) is 0.768. The summed E-state index contributed by atoms with van der Waals surface area (Å²) in [5.41, 5.74) is 6.15. The smallest absolute Gasteiger partial charge is 0.0779 e. The summed E-state index contributed by atoms with van der Waals surface area (Å²) in [7, 11) is 0. The largest absolute Gasteiger partial charge is 0.374 e. The van der Waals surface area contributed by atoms with Crippen LogP contribution in [0.25, 0.3) is 0 Å². The van der Waals surface area contributed by atoms with Crippen LogP contribution in [0.4, 0.5) is 0 Å². The van der Waals surface area contributed by atoms with E-state index < -0.39 is 0 Å². The summed E-state index contributed by atoms with van der Waals surface area (Å²) in [5.74, 6) is 0. The fraction of sp³-hybridized carbons (Fsp3) is 1.00. The number of nitrogens with one attached hydrogen (secondary N) is 1. The third-order valence-electron chi connectivity index (χ3n) is 4.64. The minimum atomic E-state index is 0.0213. The first-order valence-corrected chi connectivity index (χ1v) is 7.32. The number of likely N-dealkylation sites (tertiary alicyclic amines) is 1.